The number of sulfonamides is 1. The highest BCUT2D eigenvalue weighted by Gasteiger charge is 2.24. The van der Waals surface area contributed by atoms with Crippen LogP contribution in [0.25, 0.3) is 0 Å². The van der Waals surface area contributed by atoms with Gasteiger partial charge < -0.3 is 10.1 Å². The van der Waals surface area contributed by atoms with Gasteiger partial charge >= 0.3 is 5.97 Å². The molecule has 0 radical (unpaired) electrons. The summed E-state index contributed by atoms with van der Waals surface area (Å²) in [5.74, 6) is -0.552. The monoisotopic (exact) mass is 298 g/mol. The molecule has 1 saturated heterocycles. The van der Waals surface area contributed by atoms with Gasteiger partial charge in [0.05, 0.1) is 17.6 Å². The minimum atomic E-state index is -3.64. The Bertz CT molecular complexity index is 607. The number of carbonyl (C=O) groups excluding carboxylic acids is 1. The van der Waals surface area contributed by atoms with Crippen LogP contribution in [0.1, 0.15) is 22.3 Å². The number of methoxy groups -OCH3 is 1. The first-order valence-corrected chi connectivity index (χ1v) is 7.84. The Morgan fingerprint density at radius 2 is 2.20 bits per heavy atom. The van der Waals surface area contributed by atoms with E-state index in [4.69, 9.17) is 0 Å². The number of hydrogen-bond acceptors (Lipinski definition) is 5. The average molecular weight is 298 g/mol. The second-order valence-corrected chi connectivity index (χ2v) is 6.47. The number of hydrogen-bond donors (Lipinski definition) is 2. The van der Waals surface area contributed by atoms with Gasteiger partial charge in [0.2, 0.25) is 10.0 Å². The van der Waals surface area contributed by atoms with Crippen LogP contribution in [-0.4, -0.2) is 40.6 Å². The lowest BCUT2D eigenvalue weighted by atomic mass is 10.1. The lowest BCUT2D eigenvalue weighted by Gasteiger charge is -2.14. The van der Waals surface area contributed by atoms with Crippen LogP contribution < -0.4 is 10.0 Å². The van der Waals surface area contributed by atoms with E-state index in [0.717, 1.165) is 13.0 Å². The molecule has 0 aromatic heterocycles. The molecule has 1 aromatic carbocycles. The van der Waals surface area contributed by atoms with Crippen LogP contribution in [0.2, 0.25) is 0 Å². The highest BCUT2D eigenvalue weighted by molar-refractivity contribution is 7.89. The quantitative estimate of drug-likeness (QED) is 0.787. The van der Waals surface area contributed by atoms with Crippen LogP contribution in [0.15, 0.2) is 23.1 Å². The van der Waals surface area contributed by atoms with E-state index in [1.54, 1.807) is 19.1 Å². The summed E-state index contributed by atoms with van der Waals surface area (Å²) >= 11 is 0. The van der Waals surface area contributed by atoms with Crippen molar-refractivity contribution in [3.8, 4) is 0 Å². The molecule has 0 saturated carbocycles. The Hall–Kier alpha value is -1.44. The Labute approximate surface area is 118 Å². The van der Waals surface area contributed by atoms with E-state index >= 15 is 0 Å². The molecule has 1 atom stereocenters. The molecule has 110 valence electrons. The van der Waals surface area contributed by atoms with Gasteiger partial charge in [-0.2, -0.15) is 0 Å². The number of rotatable bonds is 4. The molecule has 1 aromatic rings. The standard InChI is InChI=1S/C13H18N2O4S/c1-9-3-4-10(13(16)19-2)7-12(9)20(17,18)15-11-5-6-14-8-11/h3-4,7,11,14-15H,5-6,8H2,1-2H3. The first kappa shape index (κ1) is 15.0. The van der Waals surface area contributed by atoms with Crippen molar-refractivity contribution in [3.05, 3.63) is 29.3 Å². The van der Waals surface area contributed by atoms with Crippen molar-refractivity contribution < 1.29 is 17.9 Å². The third kappa shape index (κ3) is 3.17. The predicted octanol–water partition coefficient (Wildman–Crippen LogP) is 0.422. The van der Waals surface area contributed by atoms with Crippen LogP contribution in [-0.2, 0) is 14.8 Å². The summed E-state index contributed by atoms with van der Waals surface area (Å²) in [5, 5.41) is 3.10. The Morgan fingerprint density at radius 3 is 2.80 bits per heavy atom. The molecule has 7 heteroatoms. The van der Waals surface area contributed by atoms with Crippen LogP contribution in [0.4, 0.5) is 0 Å². The summed E-state index contributed by atoms with van der Waals surface area (Å²) in [5.41, 5.74) is 0.819. The third-order valence-corrected chi connectivity index (χ3v) is 4.94. The van der Waals surface area contributed by atoms with Crippen molar-refractivity contribution in [1.29, 1.82) is 0 Å². The van der Waals surface area contributed by atoms with Crippen molar-refractivity contribution in [2.24, 2.45) is 0 Å². The third-order valence-electron chi connectivity index (χ3n) is 3.28. The molecule has 1 heterocycles. The number of benzene rings is 1. The van der Waals surface area contributed by atoms with Gasteiger partial charge in [-0.1, -0.05) is 6.07 Å². The fourth-order valence-electron chi connectivity index (χ4n) is 2.17. The van der Waals surface area contributed by atoms with E-state index in [9.17, 15) is 13.2 Å². The number of nitrogens with one attached hydrogen (secondary N) is 2. The molecule has 0 aliphatic carbocycles. The Morgan fingerprint density at radius 1 is 1.45 bits per heavy atom. The molecule has 0 bridgehead atoms. The zero-order chi connectivity index (χ0) is 14.8. The topological polar surface area (TPSA) is 84.5 Å². The zero-order valence-electron chi connectivity index (χ0n) is 11.5. The maximum Gasteiger partial charge on any atom is 0.337 e. The Balaban J connectivity index is 2.32. The van der Waals surface area contributed by atoms with Gasteiger partial charge in [0.25, 0.3) is 0 Å². The fraction of sp³-hybridized carbons (Fsp3) is 0.462. The molecule has 1 fully saturated rings. The van der Waals surface area contributed by atoms with Gasteiger partial charge in [0.1, 0.15) is 0 Å². The van der Waals surface area contributed by atoms with Crippen molar-refractivity contribution in [3.63, 3.8) is 0 Å². The SMILES string of the molecule is COC(=O)c1ccc(C)c(S(=O)(=O)NC2CCNC2)c1. The van der Waals surface area contributed by atoms with Crippen LogP contribution in [0, 0.1) is 6.92 Å². The number of ether oxygens (including phenoxy) is 1. The average Bonchev–Trinajstić information content (AvgIpc) is 2.90. The minimum Gasteiger partial charge on any atom is -0.465 e. The smallest absolute Gasteiger partial charge is 0.337 e. The van der Waals surface area contributed by atoms with E-state index in [-0.39, 0.29) is 16.5 Å². The van der Waals surface area contributed by atoms with Crippen LogP contribution >= 0.6 is 0 Å². The summed E-state index contributed by atoms with van der Waals surface area (Å²) in [6.07, 6.45) is 0.759. The highest BCUT2D eigenvalue weighted by Crippen LogP contribution is 2.18. The summed E-state index contributed by atoms with van der Waals surface area (Å²) in [6.45, 7) is 3.12. The lowest BCUT2D eigenvalue weighted by molar-refractivity contribution is 0.0600. The van der Waals surface area contributed by atoms with Gasteiger partial charge in [-0.05, 0) is 37.6 Å². The molecule has 20 heavy (non-hydrogen) atoms. The first-order valence-electron chi connectivity index (χ1n) is 6.36. The highest BCUT2D eigenvalue weighted by atomic mass is 32.2. The largest absolute Gasteiger partial charge is 0.465 e. The molecule has 1 aliphatic heterocycles. The normalized spacial score (nSPS) is 19.0. The molecule has 2 rings (SSSR count). The van der Waals surface area contributed by atoms with Crippen LogP contribution in [0.3, 0.4) is 0 Å². The molecule has 1 unspecified atom stereocenters. The van der Waals surface area contributed by atoms with Gasteiger partial charge in [-0.3, -0.25) is 0 Å². The summed E-state index contributed by atoms with van der Waals surface area (Å²) in [7, 11) is -2.37. The second-order valence-electron chi connectivity index (χ2n) is 4.78. The molecule has 0 spiro atoms. The van der Waals surface area contributed by atoms with Crippen molar-refractivity contribution in [2.45, 2.75) is 24.3 Å². The molecule has 6 nitrogen and oxygen atoms in total. The summed E-state index contributed by atoms with van der Waals surface area (Å²) < 4.78 is 32.0. The van der Waals surface area contributed by atoms with Gasteiger partial charge in [0.15, 0.2) is 0 Å². The van der Waals surface area contributed by atoms with Gasteiger partial charge in [-0.15, -0.1) is 0 Å². The van der Waals surface area contributed by atoms with Crippen molar-refractivity contribution in [1.82, 2.24) is 10.0 Å². The molecular weight excluding hydrogens is 280 g/mol. The lowest BCUT2D eigenvalue weighted by Crippen LogP contribution is -2.36. The molecular formula is C13H18N2O4S. The molecule has 0 amide bonds. The predicted molar refractivity (Wildman–Crippen MR) is 74.1 cm³/mol. The fourth-order valence-corrected chi connectivity index (χ4v) is 3.71. The van der Waals surface area contributed by atoms with Crippen LogP contribution in [0.5, 0.6) is 0 Å². The summed E-state index contributed by atoms with van der Waals surface area (Å²) in [6, 6.07) is 4.40. The number of esters is 1. The van der Waals surface area contributed by atoms with Crippen molar-refractivity contribution >= 4 is 16.0 Å². The van der Waals surface area contributed by atoms with Gasteiger partial charge in [-0.25, -0.2) is 17.9 Å². The first-order chi connectivity index (χ1) is 9.44. The maximum absolute atomic E-state index is 12.4. The Kier molecular flexibility index (Phi) is 4.42. The number of carbonyl (C=O) groups is 1. The zero-order valence-corrected chi connectivity index (χ0v) is 12.3. The van der Waals surface area contributed by atoms with E-state index in [1.807, 2.05) is 0 Å². The maximum atomic E-state index is 12.4. The van der Waals surface area contributed by atoms with E-state index in [1.165, 1.54) is 13.2 Å². The summed E-state index contributed by atoms with van der Waals surface area (Å²) in [4.78, 5) is 11.6. The molecule has 1 aliphatic rings. The van der Waals surface area contributed by atoms with E-state index in [2.05, 4.69) is 14.8 Å². The minimum absolute atomic E-state index is 0.110. The second kappa shape index (κ2) is 5.90. The molecule has 2 N–H and O–H groups in total. The van der Waals surface area contributed by atoms with E-state index in [0.29, 0.717) is 12.1 Å². The van der Waals surface area contributed by atoms with E-state index < -0.39 is 16.0 Å². The van der Waals surface area contributed by atoms with Crippen molar-refractivity contribution in [2.75, 3.05) is 20.2 Å². The number of aryl methyl sites for hydroxylation is 1. The van der Waals surface area contributed by atoms with Gasteiger partial charge in [0, 0.05) is 12.6 Å².